The predicted octanol–water partition coefficient (Wildman–Crippen LogP) is 1.91. The average Bonchev–Trinajstić information content (AvgIpc) is 3.15. The largest absolute Gasteiger partial charge is 0.467 e. The highest BCUT2D eigenvalue weighted by Gasteiger charge is 2.31. The number of esters is 1. The van der Waals surface area contributed by atoms with Crippen LogP contribution in [0.2, 0.25) is 0 Å². The second-order valence-electron chi connectivity index (χ2n) is 5.81. The molecular weight excluding hydrogens is 314 g/mol. The number of ether oxygens (including phenoxy) is 2. The molecule has 0 radical (unpaired) electrons. The van der Waals surface area contributed by atoms with E-state index in [0.717, 1.165) is 29.2 Å². The van der Waals surface area contributed by atoms with Gasteiger partial charge < -0.3 is 9.47 Å². The van der Waals surface area contributed by atoms with Gasteiger partial charge in [0.15, 0.2) is 6.10 Å². The summed E-state index contributed by atoms with van der Waals surface area (Å²) in [6.45, 7) is 4.04. The summed E-state index contributed by atoms with van der Waals surface area (Å²) in [5, 5.41) is 6.64. The van der Waals surface area contributed by atoms with E-state index in [4.69, 9.17) is 9.47 Å². The molecule has 124 valence electrons. The molecular formula is C16H21N3O3S. The third kappa shape index (κ3) is 3.63. The smallest absolute Gasteiger partial charge is 0.336 e. The van der Waals surface area contributed by atoms with Crippen LogP contribution in [0.25, 0.3) is 10.6 Å². The molecule has 1 aliphatic rings. The Hall–Kier alpha value is -1.70. The Labute approximate surface area is 139 Å². The molecule has 2 aromatic heterocycles. The van der Waals surface area contributed by atoms with Crippen LogP contribution in [0.1, 0.15) is 12.5 Å². The number of hydrogen-bond acceptors (Lipinski definition) is 6. The van der Waals surface area contributed by atoms with Crippen molar-refractivity contribution in [3.63, 3.8) is 0 Å². The molecule has 0 spiro atoms. The van der Waals surface area contributed by atoms with E-state index >= 15 is 0 Å². The zero-order chi connectivity index (χ0) is 16.4. The molecule has 0 saturated carbocycles. The molecule has 23 heavy (non-hydrogen) atoms. The van der Waals surface area contributed by atoms with Gasteiger partial charge in [-0.1, -0.05) is 6.07 Å². The molecule has 0 aliphatic carbocycles. The van der Waals surface area contributed by atoms with Crippen LogP contribution >= 0.6 is 11.3 Å². The zero-order valence-corrected chi connectivity index (χ0v) is 14.4. The van der Waals surface area contributed by atoms with E-state index < -0.39 is 6.10 Å². The van der Waals surface area contributed by atoms with Gasteiger partial charge in [-0.3, -0.25) is 9.58 Å². The minimum Gasteiger partial charge on any atom is -0.467 e. The van der Waals surface area contributed by atoms with Crippen molar-refractivity contribution in [2.75, 3.05) is 20.2 Å². The van der Waals surface area contributed by atoms with Gasteiger partial charge in [0.25, 0.3) is 0 Å². The topological polar surface area (TPSA) is 56.6 Å². The Morgan fingerprint density at radius 2 is 2.35 bits per heavy atom. The van der Waals surface area contributed by atoms with Crippen LogP contribution in [0, 0.1) is 0 Å². The molecule has 1 aliphatic heterocycles. The first-order chi connectivity index (χ1) is 11.1. The molecule has 1 saturated heterocycles. The summed E-state index contributed by atoms with van der Waals surface area (Å²) in [7, 11) is 3.32. The molecule has 0 aromatic carbocycles. The maximum absolute atomic E-state index is 11.8. The van der Waals surface area contributed by atoms with E-state index in [1.54, 1.807) is 11.3 Å². The first-order valence-corrected chi connectivity index (χ1v) is 8.47. The monoisotopic (exact) mass is 335 g/mol. The number of rotatable bonds is 4. The Morgan fingerprint density at radius 3 is 3.04 bits per heavy atom. The quantitative estimate of drug-likeness (QED) is 0.799. The van der Waals surface area contributed by atoms with Crippen LogP contribution in [0.15, 0.2) is 23.7 Å². The number of aromatic nitrogens is 2. The van der Waals surface area contributed by atoms with Gasteiger partial charge in [0.2, 0.25) is 0 Å². The lowest BCUT2D eigenvalue weighted by Crippen LogP contribution is -2.49. The second-order valence-corrected chi connectivity index (χ2v) is 6.75. The van der Waals surface area contributed by atoms with Gasteiger partial charge in [-0.2, -0.15) is 5.10 Å². The first kappa shape index (κ1) is 16.2. The minimum atomic E-state index is -0.523. The van der Waals surface area contributed by atoms with Gasteiger partial charge in [-0.15, -0.1) is 11.3 Å². The highest BCUT2D eigenvalue weighted by atomic mass is 32.1. The molecule has 0 bridgehead atoms. The summed E-state index contributed by atoms with van der Waals surface area (Å²) in [5.41, 5.74) is 2.17. The first-order valence-electron chi connectivity index (χ1n) is 7.59. The van der Waals surface area contributed by atoms with Crippen LogP contribution in [-0.2, 0) is 27.9 Å². The standard InChI is InChI=1S/C16H21N3O3S/c1-11-7-19(10-13(22-11)16(20)21-3)9-12-8-18(2)17-15(12)14-5-4-6-23-14/h4-6,8,11,13H,7,9-10H2,1-3H3/t11-,13-/m1/s1. The number of methoxy groups -OCH3 is 1. The Bertz CT molecular complexity index is 668. The van der Waals surface area contributed by atoms with Crippen molar-refractivity contribution in [2.24, 2.45) is 7.05 Å². The van der Waals surface area contributed by atoms with E-state index in [2.05, 4.69) is 21.4 Å². The number of aryl methyl sites for hydroxylation is 1. The third-order valence-electron chi connectivity index (χ3n) is 3.85. The van der Waals surface area contributed by atoms with Crippen LogP contribution in [-0.4, -0.2) is 53.1 Å². The van der Waals surface area contributed by atoms with E-state index in [0.29, 0.717) is 6.54 Å². The van der Waals surface area contributed by atoms with E-state index in [1.807, 2.05) is 30.9 Å². The molecule has 7 heteroatoms. The molecule has 3 heterocycles. The molecule has 1 fully saturated rings. The van der Waals surface area contributed by atoms with Crippen molar-refractivity contribution in [1.82, 2.24) is 14.7 Å². The fourth-order valence-corrected chi connectivity index (χ4v) is 3.69. The van der Waals surface area contributed by atoms with Crippen LogP contribution < -0.4 is 0 Å². The van der Waals surface area contributed by atoms with Crippen LogP contribution in [0.4, 0.5) is 0 Å². The van der Waals surface area contributed by atoms with Gasteiger partial charge in [0.05, 0.1) is 18.1 Å². The molecule has 0 amide bonds. The number of morpholine rings is 1. The third-order valence-corrected chi connectivity index (χ3v) is 4.73. The van der Waals surface area contributed by atoms with Gasteiger partial charge in [-0.05, 0) is 18.4 Å². The average molecular weight is 335 g/mol. The Balaban J connectivity index is 1.78. The molecule has 3 rings (SSSR count). The number of hydrogen-bond donors (Lipinski definition) is 0. The number of carbonyl (C=O) groups excluding carboxylic acids is 1. The zero-order valence-electron chi connectivity index (χ0n) is 13.6. The maximum atomic E-state index is 11.8. The molecule has 0 N–H and O–H groups in total. The highest BCUT2D eigenvalue weighted by molar-refractivity contribution is 7.13. The second kappa shape index (κ2) is 6.82. The fraction of sp³-hybridized carbons (Fsp3) is 0.500. The van der Waals surface area contributed by atoms with Crippen LogP contribution in [0.3, 0.4) is 0 Å². The highest BCUT2D eigenvalue weighted by Crippen LogP contribution is 2.28. The van der Waals surface area contributed by atoms with Crippen molar-refractivity contribution < 1.29 is 14.3 Å². The van der Waals surface area contributed by atoms with Gasteiger partial charge in [0.1, 0.15) is 5.69 Å². The van der Waals surface area contributed by atoms with Gasteiger partial charge >= 0.3 is 5.97 Å². The fourth-order valence-electron chi connectivity index (χ4n) is 2.94. The van der Waals surface area contributed by atoms with E-state index in [-0.39, 0.29) is 12.1 Å². The molecule has 6 nitrogen and oxygen atoms in total. The Kier molecular flexibility index (Phi) is 4.79. The molecule has 0 unspecified atom stereocenters. The van der Waals surface area contributed by atoms with Crippen molar-refractivity contribution in [3.8, 4) is 10.6 Å². The summed E-state index contributed by atoms with van der Waals surface area (Å²) in [4.78, 5) is 15.2. The van der Waals surface area contributed by atoms with E-state index in [9.17, 15) is 4.79 Å². The summed E-state index contributed by atoms with van der Waals surface area (Å²) >= 11 is 1.68. The molecule has 2 atom stereocenters. The predicted molar refractivity (Wildman–Crippen MR) is 88.1 cm³/mol. The van der Waals surface area contributed by atoms with E-state index in [1.165, 1.54) is 7.11 Å². The minimum absolute atomic E-state index is 0.00490. The number of carbonyl (C=O) groups is 1. The lowest BCUT2D eigenvalue weighted by molar-refractivity contribution is -0.166. The normalized spacial score (nSPS) is 22.2. The van der Waals surface area contributed by atoms with Gasteiger partial charge in [-0.25, -0.2) is 4.79 Å². The Morgan fingerprint density at radius 1 is 1.52 bits per heavy atom. The summed E-state index contributed by atoms with van der Waals surface area (Å²) in [6.07, 6.45) is 1.52. The van der Waals surface area contributed by atoms with Gasteiger partial charge in [0, 0.05) is 38.4 Å². The van der Waals surface area contributed by atoms with Crippen molar-refractivity contribution in [2.45, 2.75) is 25.7 Å². The lowest BCUT2D eigenvalue weighted by Gasteiger charge is -2.35. The van der Waals surface area contributed by atoms with Crippen molar-refractivity contribution in [3.05, 3.63) is 29.3 Å². The number of nitrogens with zero attached hydrogens (tertiary/aromatic N) is 3. The summed E-state index contributed by atoms with van der Waals surface area (Å²) < 4.78 is 12.3. The molecule has 2 aromatic rings. The maximum Gasteiger partial charge on any atom is 0.336 e. The number of thiophene rings is 1. The van der Waals surface area contributed by atoms with Crippen LogP contribution in [0.5, 0.6) is 0 Å². The SMILES string of the molecule is COC(=O)[C@H]1CN(Cc2cn(C)nc2-c2cccs2)C[C@@H](C)O1. The van der Waals surface area contributed by atoms with Crippen molar-refractivity contribution >= 4 is 17.3 Å². The lowest BCUT2D eigenvalue weighted by atomic mass is 10.1. The van der Waals surface area contributed by atoms with Crippen molar-refractivity contribution in [1.29, 1.82) is 0 Å². The summed E-state index contributed by atoms with van der Waals surface area (Å²) in [6, 6.07) is 4.11. The summed E-state index contributed by atoms with van der Waals surface area (Å²) in [5.74, 6) is -0.314.